The molecule has 14 heteroatoms. The van der Waals surface area contributed by atoms with Gasteiger partial charge in [-0.05, 0) is 6.92 Å². The van der Waals surface area contributed by atoms with Crippen LogP contribution in [0.15, 0.2) is 0 Å². The number of esters is 1. The smallest absolute Gasteiger partial charge is 0.309 e. The molecule has 168 valence electrons. The molecule has 3 N–H and O–H groups in total. The first-order chi connectivity index (χ1) is 13.7. The summed E-state index contributed by atoms with van der Waals surface area (Å²) in [6.07, 6.45) is -3.44. The van der Waals surface area contributed by atoms with Gasteiger partial charge in [-0.2, -0.15) is 0 Å². The van der Waals surface area contributed by atoms with Gasteiger partial charge in [0.05, 0.1) is 24.9 Å². The van der Waals surface area contributed by atoms with E-state index in [0.717, 1.165) is 6.92 Å². The Morgan fingerprint density at radius 3 is 2.33 bits per heavy atom. The van der Waals surface area contributed by atoms with Gasteiger partial charge in [-0.1, -0.05) is 0 Å². The molecular weight excluding hydrogens is 412 g/mol. The third-order valence-electron chi connectivity index (χ3n) is 4.37. The van der Waals surface area contributed by atoms with Crippen LogP contribution in [-0.4, -0.2) is 81.3 Å². The van der Waals surface area contributed by atoms with Crippen LogP contribution in [0.25, 0.3) is 0 Å². The second-order valence-electron chi connectivity index (χ2n) is 6.60. The van der Waals surface area contributed by atoms with Crippen molar-refractivity contribution in [2.24, 2.45) is 0 Å². The Hall–Kier alpha value is -3.26. The predicted molar refractivity (Wildman–Crippen MR) is 83.7 cm³/mol. The zero-order chi connectivity index (χ0) is 23.3. The number of amides is 2. The van der Waals surface area contributed by atoms with Crippen LogP contribution in [0.3, 0.4) is 0 Å². The number of rotatable bonds is 11. The fraction of sp³-hybridized carbons (Fsp3) is 0.625. The van der Waals surface area contributed by atoms with Crippen molar-refractivity contribution in [1.29, 1.82) is 0 Å². The maximum absolute atomic E-state index is 12.1. The number of nitrogens with zero attached hydrogens (tertiary/aromatic N) is 1. The third-order valence-corrected chi connectivity index (χ3v) is 4.37. The van der Waals surface area contributed by atoms with Gasteiger partial charge in [0.2, 0.25) is 11.8 Å². The molecule has 0 aromatic carbocycles. The third kappa shape index (κ3) is 5.64. The van der Waals surface area contributed by atoms with E-state index in [1.165, 1.54) is 0 Å². The second-order valence-corrected chi connectivity index (χ2v) is 6.60. The number of carbonyl (C=O) groups excluding carboxylic acids is 6. The van der Waals surface area contributed by atoms with Gasteiger partial charge in [0.1, 0.15) is 18.2 Å². The summed E-state index contributed by atoms with van der Waals surface area (Å²) in [6, 6.07) is -1.41. The molecule has 0 aliphatic carbocycles. The van der Waals surface area contributed by atoms with E-state index in [-0.39, 0.29) is 13.0 Å². The Balaban J connectivity index is 2.55. The summed E-state index contributed by atoms with van der Waals surface area (Å²) in [4.78, 5) is 68.4. The van der Waals surface area contributed by atoms with E-state index in [0.29, 0.717) is 4.90 Å². The van der Waals surface area contributed by atoms with Crippen LogP contribution in [0.2, 0.25) is 0 Å². The Bertz CT molecular complexity index is 753. The van der Waals surface area contributed by atoms with Crippen molar-refractivity contribution in [2.45, 2.75) is 50.0 Å². The minimum absolute atomic E-state index is 0.313. The molecule has 1 rings (SSSR count). The normalized spacial score (nSPS) is 21.4. The van der Waals surface area contributed by atoms with Crippen LogP contribution < -0.4 is 20.6 Å². The van der Waals surface area contributed by atoms with Gasteiger partial charge in [0.25, 0.3) is 0 Å². The monoisotopic (exact) mass is 431 g/mol. The highest BCUT2D eigenvalue weighted by Gasteiger charge is 2.49. The molecule has 1 saturated heterocycles. The SMILES string of the molecule is C[C@@H](C(=O)NCCOC(=O)C[C@](O)(CC(=O)[O-])C(=O)[O-])N1C(=O)CCC1(O)C(=O)[O-]. The van der Waals surface area contributed by atoms with Crippen LogP contribution in [0.5, 0.6) is 0 Å². The highest BCUT2D eigenvalue weighted by molar-refractivity contribution is 5.93. The number of ether oxygens (including phenoxy) is 1. The molecule has 0 aromatic heterocycles. The second kappa shape index (κ2) is 9.49. The molecule has 2 amide bonds. The van der Waals surface area contributed by atoms with Crippen molar-refractivity contribution in [3.05, 3.63) is 0 Å². The van der Waals surface area contributed by atoms with Gasteiger partial charge in [-0.15, -0.1) is 0 Å². The zero-order valence-corrected chi connectivity index (χ0v) is 15.7. The van der Waals surface area contributed by atoms with Gasteiger partial charge in [0, 0.05) is 25.2 Å². The first-order valence-electron chi connectivity index (χ1n) is 8.57. The van der Waals surface area contributed by atoms with E-state index in [1.807, 2.05) is 0 Å². The number of likely N-dealkylation sites (tertiary alicyclic amines) is 1. The van der Waals surface area contributed by atoms with Crippen molar-refractivity contribution >= 4 is 35.7 Å². The maximum atomic E-state index is 12.1. The minimum Gasteiger partial charge on any atom is -0.550 e. The van der Waals surface area contributed by atoms with E-state index < -0.39 is 78.9 Å². The lowest BCUT2D eigenvalue weighted by Gasteiger charge is -2.37. The number of hydrogen-bond acceptors (Lipinski definition) is 12. The largest absolute Gasteiger partial charge is 0.550 e. The Kier molecular flexibility index (Phi) is 7.84. The summed E-state index contributed by atoms with van der Waals surface area (Å²) >= 11 is 0. The molecule has 1 aliphatic heterocycles. The number of carboxylic acid groups (broad SMARTS) is 3. The molecule has 0 saturated carbocycles. The molecule has 30 heavy (non-hydrogen) atoms. The van der Waals surface area contributed by atoms with E-state index in [1.54, 1.807) is 0 Å². The van der Waals surface area contributed by atoms with Crippen molar-refractivity contribution < 1.29 is 59.0 Å². The Labute approximate surface area is 169 Å². The van der Waals surface area contributed by atoms with E-state index in [9.17, 15) is 54.3 Å². The highest BCUT2D eigenvalue weighted by atomic mass is 16.5. The lowest BCUT2D eigenvalue weighted by atomic mass is 9.96. The van der Waals surface area contributed by atoms with Gasteiger partial charge >= 0.3 is 5.97 Å². The lowest BCUT2D eigenvalue weighted by molar-refractivity contribution is -0.334. The van der Waals surface area contributed by atoms with Gasteiger partial charge in [-0.3, -0.25) is 19.3 Å². The van der Waals surface area contributed by atoms with Crippen molar-refractivity contribution in [1.82, 2.24) is 10.2 Å². The molecule has 14 nitrogen and oxygen atoms in total. The van der Waals surface area contributed by atoms with E-state index >= 15 is 0 Å². The standard InChI is InChI=1S/C16H22N2O12/c1-8(18-9(19)2-3-16(18,29)14(26)27)12(23)17-4-5-30-11(22)7-15(28,13(24)25)6-10(20)21/h8,28-29H,2-7H2,1H3,(H,17,23)(H,20,21)(H,24,25)(H,26,27)/p-3/t8-,15+,16?/m0/s1. The molecule has 0 bridgehead atoms. The van der Waals surface area contributed by atoms with Gasteiger partial charge in [-0.25, -0.2) is 0 Å². The summed E-state index contributed by atoms with van der Waals surface area (Å²) in [5.41, 5.74) is -5.69. The molecular formula is C16H19N2O12-3. The molecule has 3 atom stereocenters. The molecule has 1 aliphatic rings. The molecule has 1 fully saturated rings. The topological polar surface area (TPSA) is 237 Å². The fourth-order valence-corrected chi connectivity index (χ4v) is 2.80. The quantitative estimate of drug-likeness (QED) is 0.204. The first-order valence-corrected chi connectivity index (χ1v) is 8.57. The van der Waals surface area contributed by atoms with Crippen molar-refractivity contribution in [2.75, 3.05) is 13.2 Å². The molecule has 0 spiro atoms. The average Bonchev–Trinajstić information content (AvgIpc) is 2.93. The minimum atomic E-state index is -3.04. The zero-order valence-electron chi connectivity index (χ0n) is 15.7. The molecule has 1 unspecified atom stereocenters. The summed E-state index contributed by atoms with van der Waals surface area (Å²) in [7, 11) is 0. The van der Waals surface area contributed by atoms with Crippen LogP contribution >= 0.6 is 0 Å². The van der Waals surface area contributed by atoms with Crippen LogP contribution in [0.4, 0.5) is 0 Å². The highest BCUT2D eigenvalue weighted by Crippen LogP contribution is 2.29. The number of carboxylic acids is 3. The number of hydrogen-bond donors (Lipinski definition) is 3. The Morgan fingerprint density at radius 1 is 1.23 bits per heavy atom. The summed E-state index contributed by atoms with van der Waals surface area (Å²) < 4.78 is 4.57. The fourth-order valence-electron chi connectivity index (χ4n) is 2.80. The van der Waals surface area contributed by atoms with Crippen molar-refractivity contribution in [3.8, 4) is 0 Å². The van der Waals surface area contributed by atoms with Crippen LogP contribution in [0.1, 0.15) is 32.6 Å². The number of aliphatic carboxylic acids is 3. The molecule has 0 radical (unpaired) electrons. The number of nitrogens with one attached hydrogen (secondary N) is 1. The summed E-state index contributed by atoms with van der Waals surface area (Å²) in [5.74, 6) is -9.11. The Morgan fingerprint density at radius 2 is 1.83 bits per heavy atom. The number of carbonyl (C=O) groups is 6. The van der Waals surface area contributed by atoms with E-state index in [2.05, 4.69) is 10.1 Å². The van der Waals surface area contributed by atoms with Gasteiger partial charge in [0.15, 0.2) is 5.72 Å². The summed E-state index contributed by atoms with van der Waals surface area (Å²) in [5, 5.41) is 54.3. The lowest BCUT2D eigenvalue weighted by Crippen LogP contribution is -2.63. The van der Waals surface area contributed by atoms with Crippen LogP contribution in [-0.2, 0) is 33.5 Å². The van der Waals surface area contributed by atoms with E-state index in [4.69, 9.17) is 0 Å². The predicted octanol–water partition coefficient (Wildman–Crippen LogP) is -6.89. The first kappa shape index (κ1) is 24.8. The summed E-state index contributed by atoms with van der Waals surface area (Å²) in [6.45, 7) is 0.244. The van der Waals surface area contributed by atoms with Gasteiger partial charge < -0.3 is 50.0 Å². The average molecular weight is 431 g/mol. The number of aliphatic hydroxyl groups is 2. The molecule has 1 heterocycles. The van der Waals surface area contributed by atoms with Crippen molar-refractivity contribution in [3.63, 3.8) is 0 Å². The van der Waals surface area contributed by atoms with Crippen LogP contribution in [0, 0.1) is 0 Å². The molecule has 0 aromatic rings. The maximum Gasteiger partial charge on any atom is 0.309 e.